The third-order valence-corrected chi connectivity index (χ3v) is 4.10. The number of carbonyl (C=O) groups is 1. The van der Waals surface area contributed by atoms with E-state index < -0.39 is 0 Å². The monoisotopic (exact) mass is 274 g/mol. The Balaban J connectivity index is 1.98. The van der Waals surface area contributed by atoms with Crippen molar-refractivity contribution in [2.75, 3.05) is 0 Å². The van der Waals surface area contributed by atoms with Gasteiger partial charge in [-0.3, -0.25) is 9.89 Å². The zero-order chi connectivity index (χ0) is 13.4. The first-order valence-corrected chi connectivity index (χ1v) is 6.92. The molecular formula is C15H15ClN2O. The highest BCUT2D eigenvalue weighted by atomic mass is 35.5. The van der Waals surface area contributed by atoms with Gasteiger partial charge < -0.3 is 0 Å². The highest BCUT2D eigenvalue weighted by Gasteiger charge is 2.30. The lowest BCUT2D eigenvalue weighted by Crippen LogP contribution is -2.19. The second-order valence-electron chi connectivity index (χ2n) is 4.93. The topological polar surface area (TPSA) is 45.8 Å². The van der Waals surface area contributed by atoms with Crippen LogP contribution in [-0.2, 0) is 12.8 Å². The molecule has 0 fully saturated rings. The molecule has 0 aliphatic heterocycles. The molecule has 0 radical (unpaired) electrons. The summed E-state index contributed by atoms with van der Waals surface area (Å²) < 4.78 is 0. The van der Waals surface area contributed by atoms with Crippen molar-refractivity contribution in [3.8, 4) is 0 Å². The fraction of sp³-hybridized carbons (Fsp3) is 0.333. The van der Waals surface area contributed by atoms with E-state index in [1.807, 2.05) is 31.2 Å². The fourth-order valence-corrected chi connectivity index (χ4v) is 3.11. The second kappa shape index (κ2) is 4.82. The van der Waals surface area contributed by atoms with E-state index in [4.69, 9.17) is 11.6 Å². The zero-order valence-electron chi connectivity index (χ0n) is 10.7. The minimum Gasteiger partial charge on any atom is -0.294 e. The quantitative estimate of drug-likeness (QED) is 0.910. The van der Waals surface area contributed by atoms with Crippen LogP contribution in [0.1, 0.15) is 46.6 Å². The van der Waals surface area contributed by atoms with Gasteiger partial charge in [0.2, 0.25) is 0 Å². The Morgan fingerprint density at radius 1 is 1.37 bits per heavy atom. The van der Waals surface area contributed by atoms with E-state index in [1.54, 1.807) is 0 Å². The average Bonchev–Trinajstić information content (AvgIpc) is 2.82. The van der Waals surface area contributed by atoms with Crippen molar-refractivity contribution in [3.63, 3.8) is 0 Å². The van der Waals surface area contributed by atoms with E-state index in [1.165, 1.54) is 0 Å². The molecule has 2 aromatic rings. The van der Waals surface area contributed by atoms with Gasteiger partial charge in [-0.1, -0.05) is 36.7 Å². The van der Waals surface area contributed by atoms with Crippen molar-refractivity contribution in [1.82, 2.24) is 10.2 Å². The number of nitrogens with zero attached hydrogens (tertiary/aromatic N) is 1. The zero-order valence-corrected chi connectivity index (χ0v) is 11.5. The number of rotatable bonds is 2. The van der Waals surface area contributed by atoms with Crippen LogP contribution in [0.25, 0.3) is 0 Å². The Kier molecular flexibility index (Phi) is 3.15. The molecule has 0 saturated heterocycles. The predicted molar refractivity (Wildman–Crippen MR) is 74.8 cm³/mol. The molecular weight excluding hydrogens is 260 g/mol. The minimum absolute atomic E-state index is 0.152. The van der Waals surface area contributed by atoms with Gasteiger partial charge in [0.1, 0.15) is 0 Å². The van der Waals surface area contributed by atoms with E-state index in [9.17, 15) is 4.79 Å². The summed E-state index contributed by atoms with van der Waals surface area (Å²) in [5, 5.41) is 7.99. The van der Waals surface area contributed by atoms with Crippen LogP contribution in [0.5, 0.6) is 0 Å². The van der Waals surface area contributed by atoms with Crippen molar-refractivity contribution < 1.29 is 4.79 Å². The number of hydrogen-bond acceptors (Lipinski definition) is 2. The number of H-pyrrole nitrogens is 1. The van der Waals surface area contributed by atoms with Gasteiger partial charge in [0.15, 0.2) is 5.78 Å². The van der Waals surface area contributed by atoms with Crippen LogP contribution in [0.2, 0.25) is 5.02 Å². The Morgan fingerprint density at radius 2 is 2.16 bits per heavy atom. The molecule has 3 rings (SSSR count). The largest absolute Gasteiger partial charge is 0.294 e. The first-order valence-electron chi connectivity index (χ1n) is 6.54. The van der Waals surface area contributed by atoms with Crippen molar-refractivity contribution in [3.05, 3.63) is 51.8 Å². The van der Waals surface area contributed by atoms with Gasteiger partial charge >= 0.3 is 0 Å². The summed E-state index contributed by atoms with van der Waals surface area (Å²) in [6.45, 7) is 2.02. The summed E-state index contributed by atoms with van der Waals surface area (Å²) in [7, 11) is 0. The molecule has 0 amide bonds. The minimum atomic E-state index is 0.152. The molecule has 0 bridgehead atoms. The molecule has 1 atom stereocenters. The number of nitrogens with one attached hydrogen (secondary N) is 1. The lowest BCUT2D eigenvalue weighted by Gasteiger charge is -2.22. The van der Waals surface area contributed by atoms with Crippen molar-refractivity contribution in [2.45, 2.75) is 32.1 Å². The van der Waals surface area contributed by atoms with Gasteiger partial charge in [-0.15, -0.1) is 0 Å². The number of aromatic amines is 1. The Labute approximate surface area is 117 Å². The third kappa shape index (κ3) is 2.08. The highest BCUT2D eigenvalue weighted by molar-refractivity contribution is 6.31. The highest BCUT2D eigenvalue weighted by Crippen LogP contribution is 2.36. The van der Waals surface area contributed by atoms with E-state index in [-0.39, 0.29) is 11.7 Å². The average molecular weight is 275 g/mol. The summed E-state index contributed by atoms with van der Waals surface area (Å²) in [5.41, 5.74) is 3.71. The number of halogens is 1. The Hall–Kier alpha value is -1.61. The number of aryl methyl sites for hydroxylation is 1. The van der Waals surface area contributed by atoms with Gasteiger partial charge in [0, 0.05) is 17.1 Å². The molecule has 1 N–H and O–H groups in total. The van der Waals surface area contributed by atoms with Crippen LogP contribution in [0.4, 0.5) is 0 Å². The maximum absolute atomic E-state index is 12.3. The smallest absolute Gasteiger partial charge is 0.167 e. The van der Waals surface area contributed by atoms with Crippen molar-refractivity contribution >= 4 is 17.4 Å². The molecule has 1 aliphatic rings. The van der Waals surface area contributed by atoms with Crippen molar-refractivity contribution in [1.29, 1.82) is 0 Å². The standard InChI is InChI=1S/C15H15ClN2O/c1-2-12-15-13(18-17-12)7-9(8-14(15)19)10-5-3-4-6-11(10)16/h3-6,9H,2,7-8H2,1H3,(H,17,18). The SMILES string of the molecule is CCc1n[nH]c2c1C(=O)CC(c1ccccc1Cl)C2. The van der Waals surface area contributed by atoms with Crippen LogP contribution in [0.3, 0.4) is 0 Å². The third-order valence-electron chi connectivity index (χ3n) is 3.76. The molecule has 1 aliphatic carbocycles. The number of Topliss-reactive ketones (excluding diaryl/α,β-unsaturated/α-hetero) is 1. The van der Waals surface area contributed by atoms with E-state index >= 15 is 0 Å². The van der Waals surface area contributed by atoms with Crippen LogP contribution < -0.4 is 0 Å². The molecule has 1 heterocycles. The molecule has 0 saturated carbocycles. The van der Waals surface area contributed by atoms with Gasteiger partial charge in [-0.2, -0.15) is 5.10 Å². The molecule has 1 unspecified atom stereocenters. The maximum atomic E-state index is 12.3. The van der Waals surface area contributed by atoms with Gasteiger partial charge in [0.25, 0.3) is 0 Å². The van der Waals surface area contributed by atoms with Gasteiger partial charge in [-0.05, 0) is 30.4 Å². The Bertz CT molecular complexity index is 633. The molecule has 19 heavy (non-hydrogen) atoms. The number of ketones is 1. The summed E-state index contributed by atoms with van der Waals surface area (Å²) in [6, 6.07) is 7.75. The predicted octanol–water partition coefficient (Wildman–Crippen LogP) is 3.54. The molecule has 3 nitrogen and oxygen atoms in total. The number of fused-ring (bicyclic) bond motifs is 1. The van der Waals surface area contributed by atoms with Crippen LogP contribution in [0, 0.1) is 0 Å². The van der Waals surface area contributed by atoms with Gasteiger partial charge in [0.05, 0.1) is 11.3 Å². The summed E-state index contributed by atoms with van der Waals surface area (Å²) >= 11 is 6.23. The number of carbonyl (C=O) groups excluding carboxylic acids is 1. The molecule has 0 spiro atoms. The first kappa shape index (κ1) is 12.4. The number of benzene rings is 1. The lowest BCUT2D eigenvalue weighted by molar-refractivity contribution is 0.0963. The van der Waals surface area contributed by atoms with E-state index in [0.717, 1.165) is 40.4 Å². The summed E-state index contributed by atoms with van der Waals surface area (Å²) in [5.74, 6) is 0.329. The van der Waals surface area contributed by atoms with Crippen LogP contribution in [-0.4, -0.2) is 16.0 Å². The number of hydrogen-bond donors (Lipinski definition) is 1. The molecule has 1 aromatic heterocycles. The normalized spacial score (nSPS) is 18.4. The molecule has 98 valence electrons. The van der Waals surface area contributed by atoms with E-state index in [2.05, 4.69) is 10.2 Å². The van der Waals surface area contributed by atoms with Gasteiger partial charge in [-0.25, -0.2) is 0 Å². The number of aromatic nitrogens is 2. The lowest BCUT2D eigenvalue weighted by atomic mass is 9.81. The first-order chi connectivity index (χ1) is 9.20. The van der Waals surface area contributed by atoms with Crippen LogP contribution >= 0.6 is 11.6 Å². The Morgan fingerprint density at radius 3 is 2.89 bits per heavy atom. The molecule has 4 heteroatoms. The fourth-order valence-electron chi connectivity index (χ4n) is 2.82. The van der Waals surface area contributed by atoms with E-state index in [0.29, 0.717) is 6.42 Å². The summed E-state index contributed by atoms with van der Waals surface area (Å²) in [6.07, 6.45) is 2.11. The second-order valence-corrected chi connectivity index (χ2v) is 5.33. The summed E-state index contributed by atoms with van der Waals surface area (Å²) in [4.78, 5) is 12.3. The molecule has 1 aromatic carbocycles. The van der Waals surface area contributed by atoms with Crippen molar-refractivity contribution in [2.24, 2.45) is 0 Å². The van der Waals surface area contributed by atoms with Crippen LogP contribution in [0.15, 0.2) is 24.3 Å². The maximum Gasteiger partial charge on any atom is 0.167 e.